The van der Waals surface area contributed by atoms with Crippen LogP contribution in [0, 0.1) is 11.3 Å². The Bertz CT molecular complexity index is 343. The van der Waals surface area contributed by atoms with Crippen LogP contribution in [0.4, 0.5) is 0 Å². The normalized spacial score (nSPS) is 13.4. The van der Waals surface area contributed by atoms with E-state index in [1.54, 1.807) is 18.5 Å². The third-order valence-corrected chi connectivity index (χ3v) is 1.68. The van der Waals surface area contributed by atoms with Gasteiger partial charge in [-0.2, -0.15) is 5.26 Å². The summed E-state index contributed by atoms with van der Waals surface area (Å²) in [6, 6.07) is 3.89. The van der Waals surface area contributed by atoms with Crippen LogP contribution in [-0.2, 0) is 11.3 Å². The maximum absolute atomic E-state index is 8.64. The number of nitrogens with zero attached hydrogens (tertiary/aromatic N) is 2. The largest absolute Gasteiger partial charge is 0.493 e. The molecule has 0 N–H and O–H groups in total. The Hall–Kier alpha value is -1.69. The van der Waals surface area contributed by atoms with Gasteiger partial charge in [-0.1, -0.05) is 0 Å². The van der Waals surface area contributed by atoms with Gasteiger partial charge in [-0.3, -0.25) is 0 Å². The van der Waals surface area contributed by atoms with Gasteiger partial charge in [0.05, 0.1) is 11.3 Å². The first-order valence-corrected chi connectivity index (χ1v) is 3.30. The summed E-state index contributed by atoms with van der Waals surface area (Å²) in [5.74, 6) is 0. The highest BCUT2D eigenvalue weighted by Gasteiger charge is 2.09. The molecule has 11 heavy (non-hydrogen) atoms. The van der Waals surface area contributed by atoms with E-state index < -0.39 is 0 Å². The van der Waals surface area contributed by atoms with Crippen molar-refractivity contribution in [2.24, 2.45) is 0 Å². The van der Waals surface area contributed by atoms with Crippen LogP contribution in [-0.4, -0.2) is 4.57 Å². The van der Waals surface area contributed by atoms with Crippen LogP contribution >= 0.6 is 0 Å². The van der Waals surface area contributed by atoms with Crippen LogP contribution in [0.5, 0.6) is 0 Å². The first-order chi connectivity index (χ1) is 5.42. The molecule has 3 nitrogen and oxygen atoms in total. The lowest BCUT2D eigenvalue weighted by Gasteiger charge is -2.09. The van der Waals surface area contributed by atoms with Crippen molar-refractivity contribution in [1.82, 2.24) is 4.57 Å². The Morgan fingerprint density at radius 3 is 3.36 bits per heavy atom. The van der Waals surface area contributed by atoms with Crippen LogP contribution in [0.2, 0.25) is 0 Å². The first-order valence-electron chi connectivity index (χ1n) is 3.30. The number of fused-ring (bicyclic) bond motifs is 1. The number of nitriles is 1. The predicted octanol–water partition coefficient (Wildman–Crippen LogP) is 1.32. The van der Waals surface area contributed by atoms with Gasteiger partial charge in [-0.05, 0) is 6.07 Å². The van der Waals surface area contributed by atoms with Crippen molar-refractivity contribution in [2.75, 3.05) is 0 Å². The second-order valence-electron chi connectivity index (χ2n) is 2.29. The molecule has 0 spiro atoms. The molecule has 1 aromatic heterocycles. The average molecular weight is 146 g/mol. The minimum absolute atomic E-state index is 0.492. The van der Waals surface area contributed by atoms with Gasteiger partial charge in [0.25, 0.3) is 0 Å². The van der Waals surface area contributed by atoms with Gasteiger partial charge < -0.3 is 9.30 Å². The van der Waals surface area contributed by atoms with Crippen LogP contribution in [0.15, 0.2) is 18.5 Å². The van der Waals surface area contributed by atoms with Gasteiger partial charge in [-0.15, -0.1) is 0 Å². The quantitative estimate of drug-likeness (QED) is 0.553. The van der Waals surface area contributed by atoms with Crippen molar-refractivity contribution in [1.29, 1.82) is 5.26 Å². The van der Waals surface area contributed by atoms with Crippen molar-refractivity contribution in [2.45, 2.75) is 6.61 Å². The van der Waals surface area contributed by atoms with E-state index >= 15 is 0 Å². The molecule has 0 fully saturated rings. The molecule has 1 aliphatic rings. The lowest BCUT2D eigenvalue weighted by molar-refractivity contribution is 0.224. The van der Waals surface area contributed by atoms with Crippen LogP contribution in [0.3, 0.4) is 0 Å². The van der Waals surface area contributed by atoms with E-state index in [2.05, 4.69) is 6.07 Å². The molecule has 3 heteroatoms. The zero-order chi connectivity index (χ0) is 7.68. The number of hydrogen-bond acceptors (Lipinski definition) is 2. The molecule has 1 aliphatic heterocycles. The number of ether oxygens (including phenoxy) is 1. The topological polar surface area (TPSA) is 38.0 Å². The zero-order valence-electron chi connectivity index (χ0n) is 5.82. The monoisotopic (exact) mass is 146 g/mol. The van der Waals surface area contributed by atoms with E-state index in [1.165, 1.54) is 0 Å². The molecule has 0 amide bonds. The van der Waals surface area contributed by atoms with E-state index in [0.717, 1.165) is 5.69 Å². The summed E-state index contributed by atoms with van der Waals surface area (Å²) in [6.07, 6.45) is 5.26. The molecule has 2 rings (SSSR count). The maximum Gasteiger partial charge on any atom is 0.129 e. The smallest absolute Gasteiger partial charge is 0.129 e. The molecule has 1 aromatic rings. The second-order valence-corrected chi connectivity index (χ2v) is 2.29. The van der Waals surface area contributed by atoms with Gasteiger partial charge in [-0.25, -0.2) is 0 Å². The third-order valence-electron chi connectivity index (χ3n) is 1.68. The first kappa shape index (κ1) is 6.05. The summed E-state index contributed by atoms with van der Waals surface area (Å²) in [6.45, 7) is 0.492. The molecule has 0 bridgehead atoms. The van der Waals surface area contributed by atoms with Gasteiger partial charge in [0.2, 0.25) is 0 Å². The standard InChI is InChI=1S/C8H6N2O/c9-5-7-1-2-10-3-4-11-6-8(7)10/h1-4H,6H2. The van der Waals surface area contributed by atoms with E-state index in [9.17, 15) is 0 Å². The average Bonchev–Trinajstić information content (AvgIpc) is 2.47. The lowest BCUT2D eigenvalue weighted by Crippen LogP contribution is -2.01. The predicted molar refractivity (Wildman–Crippen MR) is 39.3 cm³/mol. The van der Waals surface area contributed by atoms with E-state index in [4.69, 9.17) is 10.00 Å². The molecule has 0 unspecified atom stereocenters. The van der Waals surface area contributed by atoms with Crippen molar-refractivity contribution < 1.29 is 4.74 Å². The summed E-state index contributed by atoms with van der Waals surface area (Å²) in [5.41, 5.74) is 1.62. The van der Waals surface area contributed by atoms with Crippen LogP contribution < -0.4 is 0 Å². The lowest BCUT2D eigenvalue weighted by atomic mass is 10.3. The Morgan fingerprint density at radius 1 is 1.64 bits per heavy atom. The van der Waals surface area contributed by atoms with Crippen molar-refractivity contribution in [3.8, 4) is 6.07 Å². The highest BCUT2D eigenvalue weighted by atomic mass is 16.5. The molecular weight excluding hydrogens is 140 g/mol. The second kappa shape index (κ2) is 2.17. The minimum atomic E-state index is 0.492. The van der Waals surface area contributed by atoms with Crippen molar-refractivity contribution >= 4 is 6.20 Å². The fourth-order valence-electron chi connectivity index (χ4n) is 1.11. The Morgan fingerprint density at radius 2 is 2.55 bits per heavy atom. The molecule has 0 saturated heterocycles. The van der Waals surface area contributed by atoms with Gasteiger partial charge in [0.15, 0.2) is 0 Å². The molecule has 0 saturated carbocycles. The molecular formula is C8H6N2O. The SMILES string of the molecule is N#Cc1ccn2c1COC=C2. The van der Waals surface area contributed by atoms with Gasteiger partial charge >= 0.3 is 0 Å². The maximum atomic E-state index is 8.64. The third kappa shape index (κ3) is 0.802. The summed E-state index contributed by atoms with van der Waals surface area (Å²) >= 11 is 0. The number of rotatable bonds is 0. The molecule has 2 heterocycles. The summed E-state index contributed by atoms with van der Waals surface area (Å²) < 4.78 is 6.94. The fraction of sp³-hybridized carbons (Fsp3) is 0.125. The minimum Gasteiger partial charge on any atom is -0.493 e. The van der Waals surface area contributed by atoms with Gasteiger partial charge in [0, 0.05) is 12.4 Å². The highest BCUT2D eigenvalue weighted by molar-refractivity contribution is 5.41. The number of hydrogen-bond donors (Lipinski definition) is 0. The Balaban J connectivity index is 2.58. The van der Waals surface area contributed by atoms with E-state index in [-0.39, 0.29) is 0 Å². The van der Waals surface area contributed by atoms with Crippen molar-refractivity contribution in [3.05, 3.63) is 29.8 Å². The Kier molecular flexibility index (Phi) is 1.19. The molecule has 54 valence electrons. The highest BCUT2D eigenvalue weighted by Crippen LogP contribution is 2.15. The summed E-state index contributed by atoms with van der Waals surface area (Å²) in [5, 5.41) is 8.64. The summed E-state index contributed by atoms with van der Waals surface area (Å²) in [4.78, 5) is 0. The van der Waals surface area contributed by atoms with E-state index in [0.29, 0.717) is 12.2 Å². The van der Waals surface area contributed by atoms with Crippen LogP contribution in [0.25, 0.3) is 6.20 Å². The van der Waals surface area contributed by atoms with Gasteiger partial charge in [0.1, 0.15) is 18.9 Å². The Labute approximate surface area is 64.1 Å². The molecule has 0 radical (unpaired) electrons. The fourth-order valence-corrected chi connectivity index (χ4v) is 1.11. The molecule has 0 aliphatic carbocycles. The zero-order valence-corrected chi connectivity index (χ0v) is 5.82. The molecule has 0 aromatic carbocycles. The summed E-state index contributed by atoms with van der Waals surface area (Å²) in [7, 11) is 0. The van der Waals surface area contributed by atoms with E-state index in [1.807, 2.05) is 10.8 Å². The number of aromatic nitrogens is 1. The van der Waals surface area contributed by atoms with Crippen molar-refractivity contribution in [3.63, 3.8) is 0 Å². The molecule has 0 atom stereocenters. The van der Waals surface area contributed by atoms with Crippen LogP contribution in [0.1, 0.15) is 11.3 Å².